The minimum Gasteiger partial charge on any atom is -0.373 e. The van der Waals surface area contributed by atoms with Crippen molar-refractivity contribution in [1.29, 1.82) is 0 Å². The van der Waals surface area contributed by atoms with Gasteiger partial charge in [0.15, 0.2) is 0 Å². The highest BCUT2D eigenvalue weighted by Crippen LogP contribution is 2.33. The average molecular weight is 311 g/mol. The predicted molar refractivity (Wildman–Crippen MR) is 89.2 cm³/mol. The van der Waals surface area contributed by atoms with Crippen LogP contribution in [-0.4, -0.2) is 24.2 Å². The molecule has 5 heteroatoms. The number of carbonyl (C=O) groups excluding carboxylic acids is 1. The number of aromatic nitrogens is 1. The molecule has 120 valence electrons. The second kappa shape index (κ2) is 7.24. The Morgan fingerprint density at radius 1 is 1.30 bits per heavy atom. The summed E-state index contributed by atoms with van der Waals surface area (Å²) < 4.78 is 5.84. The number of pyridine rings is 1. The summed E-state index contributed by atoms with van der Waals surface area (Å²) in [6.45, 7) is 3.24. The summed E-state index contributed by atoms with van der Waals surface area (Å²) in [5.74, 6) is 0.293. The zero-order valence-corrected chi connectivity index (χ0v) is 13.2. The second-order valence-electron chi connectivity index (χ2n) is 5.78. The maximum absolute atomic E-state index is 12.1. The Hall–Kier alpha value is -2.40. The molecule has 5 nitrogen and oxygen atoms in total. The second-order valence-corrected chi connectivity index (χ2v) is 5.78. The average Bonchev–Trinajstić information content (AvgIpc) is 3.04. The molecule has 2 N–H and O–H groups in total. The minimum atomic E-state index is -0.196. The fourth-order valence-corrected chi connectivity index (χ4v) is 2.86. The molecule has 1 saturated heterocycles. The van der Waals surface area contributed by atoms with Gasteiger partial charge in [0.05, 0.1) is 6.10 Å². The Labute approximate surface area is 136 Å². The molecule has 1 aromatic heterocycles. The third-order valence-electron chi connectivity index (χ3n) is 4.14. The highest BCUT2D eigenvalue weighted by molar-refractivity contribution is 5.89. The Kier molecular flexibility index (Phi) is 4.88. The molecule has 0 radical (unpaired) electrons. The van der Waals surface area contributed by atoms with Crippen LogP contribution in [0.4, 0.5) is 10.5 Å². The lowest BCUT2D eigenvalue weighted by Crippen LogP contribution is -2.34. The molecular weight excluding hydrogens is 290 g/mol. The molecule has 0 bridgehead atoms. The predicted octanol–water partition coefficient (Wildman–Crippen LogP) is 3.29. The van der Waals surface area contributed by atoms with Crippen molar-refractivity contribution in [2.24, 2.45) is 5.92 Å². The van der Waals surface area contributed by atoms with E-state index in [1.54, 1.807) is 18.5 Å². The van der Waals surface area contributed by atoms with E-state index in [1.807, 2.05) is 25.1 Å². The van der Waals surface area contributed by atoms with Crippen molar-refractivity contribution in [3.63, 3.8) is 0 Å². The molecule has 2 aromatic rings. The van der Waals surface area contributed by atoms with Crippen LogP contribution in [0.3, 0.4) is 0 Å². The van der Waals surface area contributed by atoms with Crippen LogP contribution < -0.4 is 10.6 Å². The van der Waals surface area contributed by atoms with Crippen LogP contribution in [0.5, 0.6) is 0 Å². The Morgan fingerprint density at radius 3 is 2.91 bits per heavy atom. The molecular formula is C18H21N3O2. The lowest BCUT2D eigenvalue weighted by molar-refractivity contribution is 0.0911. The SMILES string of the molecule is Cc1cnccc1NC(=O)NC[C@H]1CCO[C@@H]1c1ccccc1. The number of ether oxygens (including phenoxy) is 1. The first-order valence-corrected chi connectivity index (χ1v) is 7.86. The number of carbonyl (C=O) groups is 1. The summed E-state index contributed by atoms with van der Waals surface area (Å²) in [6, 6.07) is 11.8. The number of urea groups is 1. The number of rotatable bonds is 4. The van der Waals surface area contributed by atoms with Crippen molar-refractivity contribution in [2.75, 3.05) is 18.5 Å². The third-order valence-corrected chi connectivity index (χ3v) is 4.14. The molecule has 1 fully saturated rings. The van der Waals surface area contributed by atoms with Crippen LogP contribution >= 0.6 is 0 Å². The fraction of sp³-hybridized carbons (Fsp3) is 0.333. The van der Waals surface area contributed by atoms with E-state index in [2.05, 4.69) is 27.8 Å². The van der Waals surface area contributed by atoms with Crippen LogP contribution in [0.2, 0.25) is 0 Å². The fourth-order valence-electron chi connectivity index (χ4n) is 2.86. The van der Waals surface area contributed by atoms with Crippen LogP contribution in [0, 0.1) is 12.8 Å². The number of hydrogen-bond donors (Lipinski definition) is 2. The summed E-state index contributed by atoms with van der Waals surface area (Å²) in [6.07, 6.45) is 4.40. The first-order valence-electron chi connectivity index (χ1n) is 7.86. The van der Waals surface area contributed by atoms with Gasteiger partial charge >= 0.3 is 6.03 Å². The van der Waals surface area contributed by atoms with E-state index >= 15 is 0 Å². The maximum atomic E-state index is 12.1. The number of amides is 2. The van der Waals surface area contributed by atoms with Crippen molar-refractivity contribution < 1.29 is 9.53 Å². The van der Waals surface area contributed by atoms with Crippen LogP contribution in [-0.2, 0) is 4.74 Å². The van der Waals surface area contributed by atoms with Crippen molar-refractivity contribution in [3.05, 3.63) is 59.9 Å². The van der Waals surface area contributed by atoms with E-state index < -0.39 is 0 Å². The Bertz CT molecular complexity index is 660. The highest BCUT2D eigenvalue weighted by Gasteiger charge is 2.29. The molecule has 3 rings (SSSR count). The van der Waals surface area contributed by atoms with Gasteiger partial charge in [-0.05, 0) is 30.5 Å². The zero-order valence-electron chi connectivity index (χ0n) is 13.2. The number of hydrogen-bond acceptors (Lipinski definition) is 3. The summed E-state index contributed by atoms with van der Waals surface area (Å²) in [5, 5.41) is 5.81. The molecule has 1 aliphatic heterocycles. The quantitative estimate of drug-likeness (QED) is 0.910. The molecule has 0 saturated carbocycles. The summed E-state index contributed by atoms with van der Waals surface area (Å²) >= 11 is 0. The number of aryl methyl sites for hydroxylation is 1. The Balaban J connectivity index is 1.55. The number of nitrogens with zero attached hydrogens (tertiary/aromatic N) is 1. The molecule has 2 heterocycles. The molecule has 0 unspecified atom stereocenters. The van der Waals surface area contributed by atoms with Gasteiger partial charge in [0.25, 0.3) is 0 Å². The van der Waals surface area contributed by atoms with Gasteiger partial charge < -0.3 is 15.4 Å². The molecule has 0 aliphatic carbocycles. The normalized spacial score (nSPS) is 20.2. The smallest absolute Gasteiger partial charge is 0.319 e. The van der Waals surface area contributed by atoms with E-state index in [9.17, 15) is 4.79 Å². The van der Waals surface area contributed by atoms with Crippen molar-refractivity contribution >= 4 is 11.7 Å². The van der Waals surface area contributed by atoms with Gasteiger partial charge in [-0.25, -0.2) is 4.79 Å². The van der Waals surface area contributed by atoms with Crippen molar-refractivity contribution in [3.8, 4) is 0 Å². The number of anilines is 1. The standard InChI is InChI=1S/C18H21N3O2/c1-13-11-19-9-7-16(13)21-18(22)20-12-15-8-10-23-17(15)14-5-3-2-4-6-14/h2-7,9,11,15,17H,8,10,12H2,1H3,(H2,19,20,21,22)/t15-,17-/m1/s1. The lowest BCUT2D eigenvalue weighted by atomic mass is 9.95. The van der Waals surface area contributed by atoms with Gasteiger partial charge in [-0.15, -0.1) is 0 Å². The van der Waals surface area contributed by atoms with Crippen molar-refractivity contribution in [2.45, 2.75) is 19.4 Å². The van der Waals surface area contributed by atoms with E-state index in [0.29, 0.717) is 12.5 Å². The molecule has 23 heavy (non-hydrogen) atoms. The van der Waals surface area contributed by atoms with Gasteiger partial charge in [-0.2, -0.15) is 0 Å². The van der Waals surface area contributed by atoms with Gasteiger partial charge in [-0.3, -0.25) is 4.98 Å². The maximum Gasteiger partial charge on any atom is 0.319 e. The Morgan fingerprint density at radius 2 is 2.13 bits per heavy atom. The van der Waals surface area contributed by atoms with Gasteiger partial charge in [0.1, 0.15) is 0 Å². The van der Waals surface area contributed by atoms with E-state index in [-0.39, 0.29) is 12.1 Å². The van der Waals surface area contributed by atoms with E-state index in [4.69, 9.17) is 4.74 Å². The van der Waals surface area contributed by atoms with Crippen LogP contribution in [0.15, 0.2) is 48.8 Å². The first-order chi connectivity index (χ1) is 11.2. The summed E-state index contributed by atoms with van der Waals surface area (Å²) in [4.78, 5) is 16.1. The van der Waals surface area contributed by atoms with Gasteiger partial charge in [-0.1, -0.05) is 30.3 Å². The lowest BCUT2D eigenvalue weighted by Gasteiger charge is -2.19. The molecule has 0 spiro atoms. The molecule has 2 atom stereocenters. The monoisotopic (exact) mass is 311 g/mol. The van der Waals surface area contributed by atoms with E-state index in [0.717, 1.165) is 24.3 Å². The largest absolute Gasteiger partial charge is 0.373 e. The van der Waals surface area contributed by atoms with Gasteiger partial charge in [0, 0.05) is 37.2 Å². The molecule has 1 aromatic carbocycles. The number of nitrogens with one attached hydrogen (secondary N) is 2. The molecule has 2 amide bonds. The van der Waals surface area contributed by atoms with Gasteiger partial charge in [0.2, 0.25) is 0 Å². The van der Waals surface area contributed by atoms with E-state index in [1.165, 1.54) is 5.56 Å². The highest BCUT2D eigenvalue weighted by atomic mass is 16.5. The summed E-state index contributed by atoms with van der Waals surface area (Å²) in [5.41, 5.74) is 2.89. The van der Waals surface area contributed by atoms with Crippen molar-refractivity contribution in [1.82, 2.24) is 10.3 Å². The third kappa shape index (κ3) is 3.87. The number of benzene rings is 1. The summed E-state index contributed by atoms with van der Waals surface area (Å²) in [7, 11) is 0. The zero-order chi connectivity index (χ0) is 16.1. The minimum absolute atomic E-state index is 0.0548. The molecule has 1 aliphatic rings. The topological polar surface area (TPSA) is 63.2 Å². The van der Waals surface area contributed by atoms with Crippen LogP contribution in [0.25, 0.3) is 0 Å². The first kappa shape index (κ1) is 15.5. The van der Waals surface area contributed by atoms with Crippen LogP contribution in [0.1, 0.15) is 23.7 Å².